The number of nitrogens with zero attached hydrogens (tertiary/aromatic N) is 1. The van der Waals surface area contributed by atoms with Gasteiger partial charge in [0.2, 0.25) is 0 Å². The lowest BCUT2D eigenvalue weighted by Gasteiger charge is -2.34. The van der Waals surface area contributed by atoms with E-state index in [0.29, 0.717) is 12.2 Å². The molecule has 1 heterocycles. The molecule has 1 aliphatic heterocycles. The number of carbonyl (C=O) groups excluding carboxylic acids is 1. The van der Waals surface area contributed by atoms with Crippen molar-refractivity contribution >= 4 is 32.5 Å². The highest BCUT2D eigenvalue weighted by molar-refractivity contribution is 8.18. The molecule has 0 aromatic heterocycles. The van der Waals surface area contributed by atoms with Crippen molar-refractivity contribution in [3.63, 3.8) is 0 Å². The van der Waals surface area contributed by atoms with Crippen molar-refractivity contribution in [1.82, 2.24) is 0 Å². The summed E-state index contributed by atoms with van der Waals surface area (Å²) < 4.78 is 0. The van der Waals surface area contributed by atoms with Gasteiger partial charge in [0.05, 0.1) is 16.3 Å². The number of rotatable bonds is 1. The highest BCUT2D eigenvalue weighted by Crippen LogP contribution is 2.44. The second-order valence-electron chi connectivity index (χ2n) is 5.98. The summed E-state index contributed by atoms with van der Waals surface area (Å²) in [7, 11) is -0.0700. The molecule has 1 saturated carbocycles. The Labute approximate surface area is 116 Å². The minimum absolute atomic E-state index is 0.0501. The number of hydrogen-bond acceptors (Lipinski definition) is 2. The normalized spacial score (nSPS) is 24.6. The zero-order valence-electron chi connectivity index (χ0n) is 11.7. The third-order valence-electron chi connectivity index (χ3n) is 3.72. The molecule has 1 aliphatic carbocycles. The van der Waals surface area contributed by atoms with Crippen molar-refractivity contribution in [3.8, 4) is 0 Å². The van der Waals surface area contributed by atoms with Crippen LogP contribution in [0.25, 0.3) is 0 Å². The van der Waals surface area contributed by atoms with E-state index < -0.39 is 0 Å². The van der Waals surface area contributed by atoms with E-state index in [-0.39, 0.29) is 15.9 Å². The van der Waals surface area contributed by atoms with Gasteiger partial charge in [-0.2, -0.15) is 0 Å². The topological polar surface area (TPSA) is 29.4 Å². The highest BCUT2D eigenvalue weighted by atomic mass is 32.2. The molecule has 3 heteroatoms. The van der Waals surface area contributed by atoms with Gasteiger partial charge in [0.25, 0.3) is 0 Å². The van der Waals surface area contributed by atoms with E-state index in [1.54, 1.807) is 0 Å². The Kier molecular flexibility index (Phi) is 2.97. The first-order valence-electron chi connectivity index (χ1n) is 6.80. The van der Waals surface area contributed by atoms with Crippen LogP contribution < -0.4 is 0 Å². The van der Waals surface area contributed by atoms with Crippen LogP contribution in [0.15, 0.2) is 34.2 Å². The standard InChI is InChI=1S/C16H19NOS/c1-4-19-14-8-6-5-7-11(14)17-12-9-16(2,3)10-13(18)15(12)19/h5-8H,4,9-10H2,1-3H3. The third kappa shape index (κ3) is 2.10. The Bertz CT molecular complexity index is 625. The monoisotopic (exact) mass is 273 g/mol. The molecular formula is C16H19NOS. The Morgan fingerprint density at radius 2 is 2.00 bits per heavy atom. The van der Waals surface area contributed by atoms with Crippen LogP contribution in [0, 0.1) is 5.41 Å². The van der Waals surface area contributed by atoms with Gasteiger partial charge in [0, 0.05) is 11.3 Å². The van der Waals surface area contributed by atoms with Gasteiger partial charge < -0.3 is 0 Å². The number of Topliss-reactive ketones (excluding diaryl/α,β-unsaturated/α-hetero) is 1. The molecule has 0 bridgehead atoms. The molecule has 100 valence electrons. The van der Waals surface area contributed by atoms with Gasteiger partial charge in [-0.15, -0.1) is 10.5 Å². The maximum Gasteiger partial charge on any atom is 0.171 e. The van der Waals surface area contributed by atoms with Crippen LogP contribution in [0.4, 0.5) is 5.69 Å². The van der Waals surface area contributed by atoms with Crippen LogP contribution in [0.3, 0.4) is 0 Å². The minimum atomic E-state index is -0.0700. The van der Waals surface area contributed by atoms with Gasteiger partial charge in [-0.1, -0.05) is 32.9 Å². The number of fused-ring (bicyclic) bond motifs is 2. The first kappa shape index (κ1) is 12.8. The molecule has 0 N–H and O–H groups in total. The summed E-state index contributed by atoms with van der Waals surface area (Å²) >= 11 is 0. The molecule has 3 rings (SSSR count). The Morgan fingerprint density at radius 1 is 1.26 bits per heavy atom. The maximum absolute atomic E-state index is 12.5. The number of carbonyl (C=O) groups is 1. The summed E-state index contributed by atoms with van der Waals surface area (Å²) in [6.45, 7) is 6.49. The molecular weight excluding hydrogens is 254 g/mol. The van der Waals surface area contributed by atoms with Crippen molar-refractivity contribution in [2.75, 3.05) is 5.75 Å². The second-order valence-corrected chi connectivity index (χ2v) is 8.18. The second kappa shape index (κ2) is 4.41. The first-order valence-corrected chi connectivity index (χ1v) is 8.19. The summed E-state index contributed by atoms with van der Waals surface area (Å²) in [4.78, 5) is 19.6. The summed E-state index contributed by atoms with van der Waals surface area (Å²) in [5.74, 6) is 1.31. The maximum atomic E-state index is 12.5. The summed E-state index contributed by atoms with van der Waals surface area (Å²) in [6, 6.07) is 8.27. The molecule has 2 nitrogen and oxygen atoms in total. The molecule has 0 spiro atoms. The number of aliphatic imine (C=N–C) groups is 1. The van der Waals surface area contributed by atoms with Gasteiger partial charge >= 0.3 is 0 Å². The van der Waals surface area contributed by atoms with E-state index in [2.05, 4.69) is 32.9 Å². The van der Waals surface area contributed by atoms with Gasteiger partial charge in [-0.3, -0.25) is 9.79 Å². The van der Waals surface area contributed by atoms with E-state index in [4.69, 9.17) is 4.99 Å². The molecule has 1 aromatic carbocycles. The van der Waals surface area contributed by atoms with Crippen molar-refractivity contribution in [3.05, 3.63) is 24.3 Å². The predicted molar refractivity (Wildman–Crippen MR) is 83.0 cm³/mol. The van der Waals surface area contributed by atoms with Crippen LogP contribution in [0.5, 0.6) is 0 Å². The smallest absolute Gasteiger partial charge is 0.171 e. The molecule has 0 amide bonds. The van der Waals surface area contributed by atoms with Crippen LogP contribution in [-0.2, 0) is 4.79 Å². The highest BCUT2D eigenvalue weighted by Gasteiger charge is 2.37. The molecule has 19 heavy (non-hydrogen) atoms. The zero-order chi connectivity index (χ0) is 13.6. The van der Waals surface area contributed by atoms with E-state index in [0.717, 1.165) is 28.4 Å². The summed E-state index contributed by atoms with van der Waals surface area (Å²) in [6.07, 6.45) is 1.58. The fourth-order valence-corrected chi connectivity index (χ4v) is 5.13. The van der Waals surface area contributed by atoms with Gasteiger partial charge in [0.1, 0.15) is 0 Å². The lowest BCUT2D eigenvalue weighted by Crippen LogP contribution is -2.39. The van der Waals surface area contributed by atoms with Gasteiger partial charge in [-0.05, 0) is 29.7 Å². The van der Waals surface area contributed by atoms with Crippen molar-refractivity contribution in [1.29, 1.82) is 0 Å². The minimum Gasteiger partial charge on any atom is -0.294 e. The molecule has 2 aliphatic rings. The van der Waals surface area contributed by atoms with E-state index in [1.165, 1.54) is 4.90 Å². The largest absolute Gasteiger partial charge is 0.294 e. The lowest BCUT2D eigenvalue weighted by atomic mass is 9.75. The predicted octanol–water partition coefficient (Wildman–Crippen LogP) is 3.98. The molecule has 0 radical (unpaired) electrons. The third-order valence-corrected chi connectivity index (χ3v) is 6.13. The van der Waals surface area contributed by atoms with Crippen LogP contribution in [0.2, 0.25) is 0 Å². The molecule has 1 unspecified atom stereocenters. The van der Waals surface area contributed by atoms with Crippen molar-refractivity contribution < 1.29 is 4.79 Å². The summed E-state index contributed by atoms with van der Waals surface area (Å²) in [5, 5.41) is 0. The zero-order valence-corrected chi connectivity index (χ0v) is 12.5. The fraction of sp³-hybridized carbons (Fsp3) is 0.438. The lowest BCUT2D eigenvalue weighted by molar-refractivity contribution is -0.114. The van der Waals surface area contributed by atoms with Crippen LogP contribution in [0.1, 0.15) is 33.6 Å². The van der Waals surface area contributed by atoms with E-state index >= 15 is 0 Å². The number of benzene rings is 1. The van der Waals surface area contributed by atoms with Crippen molar-refractivity contribution in [2.24, 2.45) is 10.4 Å². The van der Waals surface area contributed by atoms with Crippen LogP contribution in [-0.4, -0.2) is 22.1 Å². The molecule has 0 saturated heterocycles. The quantitative estimate of drug-likeness (QED) is 0.712. The first-order chi connectivity index (χ1) is 9.02. The number of hydrogen-bond donors (Lipinski definition) is 0. The summed E-state index contributed by atoms with van der Waals surface area (Å²) in [5.41, 5.74) is 2.16. The van der Waals surface area contributed by atoms with Gasteiger partial charge in [-0.25, -0.2) is 0 Å². The Hall–Kier alpha value is -1.22. The molecule has 1 atom stereocenters. The number of ketones is 1. The fourth-order valence-electron chi connectivity index (χ4n) is 2.95. The van der Waals surface area contributed by atoms with Gasteiger partial charge in [0.15, 0.2) is 5.78 Å². The van der Waals surface area contributed by atoms with Crippen molar-refractivity contribution in [2.45, 2.75) is 38.5 Å². The Morgan fingerprint density at radius 3 is 2.74 bits per heavy atom. The molecule has 1 fully saturated rings. The Balaban J connectivity index is 2.24. The average molecular weight is 273 g/mol. The average Bonchev–Trinajstić information content (AvgIpc) is 2.34. The molecule has 1 aromatic rings. The van der Waals surface area contributed by atoms with Crippen LogP contribution >= 0.6 is 10.5 Å². The number of para-hydroxylation sites is 1. The van der Waals surface area contributed by atoms with E-state index in [9.17, 15) is 4.79 Å². The SMILES string of the molecule is CCS1=C2C(=O)CC(C)(C)CC2=Nc2ccccc21. The van der Waals surface area contributed by atoms with E-state index in [1.807, 2.05) is 12.1 Å².